The van der Waals surface area contributed by atoms with Gasteiger partial charge in [-0.25, -0.2) is 4.98 Å². The lowest BCUT2D eigenvalue weighted by molar-refractivity contribution is -0.140. The summed E-state index contributed by atoms with van der Waals surface area (Å²) in [5.41, 5.74) is 6.51. The minimum absolute atomic E-state index is 0.188. The number of hydrogen-bond donors (Lipinski definition) is 1. The third-order valence-electron chi connectivity index (χ3n) is 3.82. The van der Waals surface area contributed by atoms with Crippen molar-refractivity contribution in [1.29, 1.82) is 0 Å². The highest BCUT2D eigenvalue weighted by Crippen LogP contribution is 2.38. The van der Waals surface area contributed by atoms with E-state index in [4.69, 9.17) is 5.73 Å². The van der Waals surface area contributed by atoms with E-state index in [0.717, 1.165) is 36.4 Å². The first kappa shape index (κ1) is 13.5. The fourth-order valence-corrected chi connectivity index (χ4v) is 3.36. The van der Waals surface area contributed by atoms with Gasteiger partial charge in [0.25, 0.3) is 0 Å². The summed E-state index contributed by atoms with van der Waals surface area (Å²) in [7, 11) is 1.85. The van der Waals surface area contributed by atoms with Gasteiger partial charge in [-0.15, -0.1) is 11.3 Å². The molecule has 0 unspecified atom stereocenters. The predicted octanol–water partition coefficient (Wildman–Crippen LogP) is 1.93. The van der Waals surface area contributed by atoms with Crippen molar-refractivity contribution in [3.63, 3.8) is 0 Å². The maximum absolute atomic E-state index is 12.5. The molecular formula is C13H21N3OS. The first-order valence-electron chi connectivity index (χ1n) is 6.44. The Morgan fingerprint density at radius 2 is 2.22 bits per heavy atom. The largest absolute Gasteiger partial charge is 0.339 e. The molecule has 1 aromatic heterocycles. The quantitative estimate of drug-likeness (QED) is 0.907. The highest BCUT2D eigenvalue weighted by Gasteiger charge is 2.41. The van der Waals surface area contributed by atoms with Crippen molar-refractivity contribution in [3.8, 4) is 0 Å². The molecule has 0 radical (unpaired) electrons. The third-order valence-corrected chi connectivity index (χ3v) is 4.64. The molecule has 100 valence electrons. The van der Waals surface area contributed by atoms with Crippen LogP contribution < -0.4 is 5.73 Å². The number of aromatic nitrogens is 1. The summed E-state index contributed by atoms with van der Waals surface area (Å²) in [6, 6.07) is 0. The molecule has 0 bridgehead atoms. The number of amides is 1. The van der Waals surface area contributed by atoms with Gasteiger partial charge >= 0.3 is 0 Å². The van der Waals surface area contributed by atoms with E-state index in [0.29, 0.717) is 13.1 Å². The second-order valence-corrected chi connectivity index (χ2v) is 6.27. The molecule has 0 aromatic carbocycles. The number of nitrogens with two attached hydrogens (primary N) is 1. The van der Waals surface area contributed by atoms with E-state index in [1.54, 1.807) is 16.2 Å². The van der Waals surface area contributed by atoms with Crippen LogP contribution in [0.1, 0.15) is 36.4 Å². The van der Waals surface area contributed by atoms with Crippen molar-refractivity contribution in [2.24, 2.45) is 11.1 Å². The molecule has 1 aromatic rings. The topological polar surface area (TPSA) is 59.2 Å². The van der Waals surface area contributed by atoms with Gasteiger partial charge in [0.2, 0.25) is 5.91 Å². The summed E-state index contributed by atoms with van der Waals surface area (Å²) in [6.45, 7) is 3.03. The molecule has 1 aliphatic carbocycles. The van der Waals surface area contributed by atoms with Crippen molar-refractivity contribution in [3.05, 3.63) is 16.1 Å². The number of thiazole rings is 1. The summed E-state index contributed by atoms with van der Waals surface area (Å²) < 4.78 is 0. The Labute approximate surface area is 112 Å². The molecule has 18 heavy (non-hydrogen) atoms. The molecule has 1 fully saturated rings. The highest BCUT2D eigenvalue weighted by atomic mass is 32.1. The SMILES string of the molecule is Cc1nc(CN(C)C(=O)C2(CN)CCCC2)cs1. The first-order chi connectivity index (χ1) is 8.57. The lowest BCUT2D eigenvalue weighted by Crippen LogP contribution is -2.44. The van der Waals surface area contributed by atoms with E-state index in [-0.39, 0.29) is 11.3 Å². The summed E-state index contributed by atoms with van der Waals surface area (Å²) in [5.74, 6) is 0.188. The Morgan fingerprint density at radius 1 is 1.56 bits per heavy atom. The summed E-state index contributed by atoms with van der Waals surface area (Å²) in [4.78, 5) is 18.7. The first-order valence-corrected chi connectivity index (χ1v) is 7.32. The molecule has 1 heterocycles. The van der Waals surface area contributed by atoms with Crippen LogP contribution in [0, 0.1) is 12.3 Å². The maximum atomic E-state index is 12.5. The predicted molar refractivity (Wildman–Crippen MR) is 73.3 cm³/mol. The zero-order valence-electron chi connectivity index (χ0n) is 11.1. The number of carbonyl (C=O) groups is 1. The van der Waals surface area contributed by atoms with Crippen LogP contribution in [-0.2, 0) is 11.3 Å². The minimum Gasteiger partial charge on any atom is -0.339 e. The van der Waals surface area contributed by atoms with Gasteiger partial charge in [0.15, 0.2) is 0 Å². The average molecular weight is 267 g/mol. The zero-order chi connectivity index (χ0) is 13.2. The van der Waals surface area contributed by atoms with Crippen LogP contribution in [0.15, 0.2) is 5.38 Å². The number of nitrogens with zero attached hydrogens (tertiary/aromatic N) is 2. The maximum Gasteiger partial charge on any atom is 0.230 e. The summed E-state index contributed by atoms with van der Waals surface area (Å²) in [6.07, 6.45) is 4.10. The molecule has 2 rings (SSSR count). The second-order valence-electron chi connectivity index (χ2n) is 5.21. The molecule has 0 saturated heterocycles. The number of rotatable bonds is 4. The van der Waals surface area contributed by atoms with Gasteiger partial charge in [0, 0.05) is 19.0 Å². The summed E-state index contributed by atoms with van der Waals surface area (Å²) >= 11 is 1.62. The van der Waals surface area contributed by atoms with Crippen LogP contribution in [0.25, 0.3) is 0 Å². The van der Waals surface area contributed by atoms with Gasteiger partial charge in [-0.2, -0.15) is 0 Å². The van der Waals surface area contributed by atoms with Crippen molar-refractivity contribution in [2.75, 3.05) is 13.6 Å². The number of aryl methyl sites for hydroxylation is 1. The monoisotopic (exact) mass is 267 g/mol. The molecule has 5 heteroatoms. The van der Waals surface area contributed by atoms with Crippen LogP contribution in [0.3, 0.4) is 0 Å². The van der Waals surface area contributed by atoms with Crippen molar-refractivity contribution < 1.29 is 4.79 Å². The van der Waals surface area contributed by atoms with Gasteiger partial charge < -0.3 is 10.6 Å². The van der Waals surface area contributed by atoms with E-state index < -0.39 is 0 Å². The van der Waals surface area contributed by atoms with Gasteiger partial charge in [0.05, 0.1) is 22.7 Å². The number of carbonyl (C=O) groups excluding carboxylic acids is 1. The molecule has 0 atom stereocenters. The molecule has 4 nitrogen and oxygen atoms in total. The molecule has 1 aliphatic rings. The van der Waals surface area contributed by atoms with Crippen LogP contribution in [0.2, 0.25) is 0 Å². The van der Waals surface area contributed by atoms with E-state index in [2.05, 4.69) is 4.98 Å². The smallest absolute Gasteiger partial charge is 0.230 e. The van der Waals surface area contributed by atoms with Gasteiger partial charge in [-0.1, -0.05) is 12.8 Å². The normalized spacial score (nSPS) is 17.9. The minimum atomic E-state index is -0.306. The zero-order valence-corrected chi connectivity index (χ0v) is 11.9. The molecule has 0 aliphatic heterocycles. The Bertz CT molecular complexity index is 424. The van der Waals surface area contributed by atoms with Gasteiger partial charge in [-0.3, -0.25) is 4.79 Å². The lowest BCUT2D eigenvalue weighted by atomic mass is 9.85. The Balaban J connectivity index is 2.04. The molecule has 0 spiro atoms. The Morgan fingerprint density at radius 3 is 2.72 bits per heavy atom. The molecule has 1 amide bonds. The lowest BCUT2D eigenvalue weighted by Gasteiger charge is -2.30. The van der Waals surface area contributed by atoms with Crippen LogP contribution >= 0.6 is 11.3 Å². The Kier molecular flexibility index (Phi) is 4.02. The van der Waals surface area contributed by atoms with Crippen LogP contribution in [0.5, 0.6) is 0 Å². The molecular weight excluding hydrogens is 246 g/mol. The van der Waals surface area contributed by atoms with Gasteiger partial charge in [0.1, 0.15) is 0 Å². The van der Waals surface area contributed by atoms with Crippen molar-refractivity contribution in [2.45, 2.75) is 39.2 Å². The van der Waals surface area contributed by atoms with E-state index in [1.807, 2.05) is 19.4 Å². The van der Waals surface area contributed by atoms with Crippen LogP contribution in [-0.4, -0.2) is 29.4 Å². The van der Waals surface area contributed by atoms with Crippen molar-refractivity contribution in [1.82, 2.24) is 9.88 Å². The van der Waals surface area contributed by atoms with E-state index >= 15 is 0 Å². The van der Waals surface area contributed by atoms with Gasteiger partial charge in [-0.05, 0) is 19.8 Å². The standard InChI is InChI=1S/C13H21N3OS/c1-10-15-11(8-18-10)7-16(2)12(17)13(9-14)5-3-4-6-13/h8H,3-7,9,14H2,1-2H3. The molecule has 2 N–H and O–H groups in total. The van der Waals surface area contributed by atoms with Crippen molar-refractivity contribution >= 4 is 17.2 Å². The Hall–Kier alpha value is -0.940. The highest BCUT2D eigenvalue weighted by molar-refractivity contribution is 7.09. The third kappa shape index (κ3) is 2.57. The molecule has 1 saturated carbocycles. The average Bonchev–Trinajstić information content (AvgIpc) is 2.98. The fraction of sp³-hybridized carbons (Fsp3) is 0.692. The number of hydrogen-bond acceptors (Lipinski definition) is 4. The van der Waals surface area contributed by atoms with Crippen LogP contribution in [0.4, 0.5) is 0 Å². The second kappa shape index (κ2) is 5.36. The van der Waals surface area contributed by atoms with E-state index in [1.165, 1.54) is 0 Å². The summed E-state index contributed by atoms with van der Waals surface area (Å²) in [5, 5.41) is 3.06. The van der Waals surface area contributed by atoms with E-state index in [9.17, 15) is 4.79 Å². The fourth-order valence-electron chi connectivity index (χ4n) is 2.76.